The summed E-state index contributed by atoms with van der Waals surface area (Å²) in [6, 6.07) is 28.7. The maximum absolute atomic E-state index is 6.47. The summed E-state index contributed by atoms with van der Waals surface area (Å²) in [5.74, 6) is 0. The third-order valence-corrected chi connectivity index (χ3v) is 7.93. The van der Waals surface area contributed by atoms with Gasteiger partial charge in [-0.25, -0.2) is 4.98 Å². The smallest absolute Gasteiger partial charge is 0.146 e. The van der Waals surface area contributed by atoms with Crippen molar-refractivity contribution >= 4 is 27.5 Å². The molecule has 0 spiro atoms. The van der Waals surface area contributed by atoms with Gasteiger partial charge in [-0.3, -0.25) is 4.40 Å². The Labute approximate surface area is 203 Å². The fourth-order valence-corrected chi connectivity index (χ4v) is 6.59. The topological polar surface area (TPSA) is 26.5 Å². The molecule has 0 radical (unpaired) electrons. The number of rotatable bonds is 1. The molecule has 0 saturated heterocycles. The minimum absolute atomic E-state index is 0.00732. The highest BCUT2D eigenvalue weighted by atomic mass is 16.5. The molecule has 3 heteroatoms. The SMILES string of the molecule is Cc1cc(C)c(-c2cc3ccccc3c3nc4cc5c(cc4n23)C2OC5c3ccccc32)c(C)c1. The van der Waals surface area contributed by atoms with Crippen LogP contribution >= 0.6 is 0 Å². The number of fused-ring (bicyclic) bond motifs is 13. The summed E-state index contributed by atoms with van der Waals surface area (Å²) in [4.78, 5) is 5.23. The van der Waals surface area contributed by atoms with Gasteiger partial charge >= 0.3 is 0 Å². The van der Waals surface area contributed by atoms with Gasteiger partial charge in [0.1, 0.15) is 17.9 Å². The first kappa shape index (κ1) is 19.4. The van der Waals surface area contributed by atoms with Gasteiger partial charge < -0.3 is 4.74 Å². The molecule has 2 aliphatic heterocycles. The second-order valence-electron chi connectivity index (χ2n) is 10.2. The van der Waals surface area contributed by atoms with Gasteiger partial charge in [0.25, 0.3) is 0 Å². The van der Waals surface area contributed by atoms with Crippen molar-refractivity contribution in [3.05, 3.63) is 118 Å². The third-order valence-electron chi connectivity index (χ3n) is 7.93. The Morgan fingerprint density at radius 2 is 1.37 bits per heavy atom. The maximum atomic E-state index is 6.47. The van der Waals surface area contributed by atoms with E-state index in [0.717, 1.165) is 16.7 Å². The number of aromatic nitrogens is 2. The predicted molar refractivity (Wildman–Crippen MR) is 141 cm³/mol. The minimum atomic E-state index is 0.00732. The average molecular weight is 453 g/mol. The average Bonchev–Trinajstić information content (AvgIpc) is 3.52. The van der Waals surface area contributed by atoms with Crippen molar-refractivity contribution in [2.45, 2.75) is 33.0 Å². The zero-order chi connectivity index (χ0) is 23.4. The van der Waals surface area contributed by atoms with Crippen molar-refractivity contribution in [2.24, 2.45) is 0 Å². The second-order valence-corrected chi connectivity index (χ2v) is 10.2. The molecule has 2 aromatic heterocycles. The van der Waals surface area contributed by atoms with Crippen LogP contribution in [0.1, 0.15) is 51.2 Å². The lowest BCUT2D eigenvalue weighted by molar-refractivity contribution is 0.0858. The molecule has 0 fully saturated rings. The van der Waals surface area contributed by atoms with Crippen LogP contribution in [0.25, 0.3) is 38.7 Å². The fourth-order valence-electron chi connectivity index (χ4n) is 6.59. The number of ether oxygens (including phenoxy) is 1. The standard InChI is InChI=1S/C32H24N2O/c1-17-12-18(2)29(19(3)13-17)28-14-20-8-4-5-9-21(20)32-33-26-15-24-25(16-27(26)34(28)32)31-23-11-7-6-10-22(23)30(24)35-31/h4-16,30-31H,1-3H3. The minimum Gasteiger partial charge on any atom is -0.356 e. The van der Waals surface area contributed by atoms with E-state index in [9.17, 15) is 0 Å². The molecule has 2 atom stereocenters. The third kappa shape index (κ3) is 2.46. The van der Waals surface area contributed by atoms with E-state index in [-0.39, 0.29) is 12.2 Å². The Bertz CT molecular complexity index is 1850. The highest BCUT2D eigenvalue weighted by Gasteiger charge is 2.43. The number of benzene rings is 4. The van der Waals surface area contributed by atoms with E-state index in [2.05, 4.69) is 104 Å². The van der Waals surface area contributed by atoms with Crippen LogP contribution in [0.2, 0.25) is 0 Å². The van der Waals surface area contributed by atoms with Crippen LogP contribution in [-0.4, -0.2) is 9.38 Å². The Hall–Kier alpha value is -3.95. The lowest BCUT2D eigenvalue weighted by Crippen LogP contribution is -2.03. The van der Waals surface area contributed by atoms with Crippen molar-refractivity contribution in [1.29, 1.82) is 0 Å². The van der Waals surface area contributed by atoms with Crippen molar-refractivity contribution in [3.8, 4) is 11.3 Å². The van der Waals surface area contributed by atoms with E-state index >= 15 is 0 Å². The van der Waals surface area contributed by atoms with E-state index in [1.54, 1.807) is 0 Å². The van der Waals surface area contributed by atoms with Crippen molar-refractivity contribution in [2.75, 3.05) is 0 Å². The normalized spacial score (nSPS) is 18.0. The molecule has 6 aromatic rings. The summed E-state index contributed by atoms with van der Waals surface area (Å²) in [5.41, 5.74) is 14.7. The fraction of sp³-hybridized carbons (Fsp3) is 0.156. The Balaban J connectivity index is 1.50. The number of pyridine rings is 1. The first-order valence-corrected chi connectivity index (χ1v) is 12.3. The van der Waals surface area contributed by atoms with Crippen LogP contribution in [0.4, 0.5) is 0 Å². The quantitative estimate of drug-likeness (QED) is 0.255. The zero-order valence-corrected chi connectivity index (χ0v) is 20.0. The molecule has 0 aliphatic carbocycles. The molecular formula is C32H24N2O. The summed E-state index contributed by atoms with van der Waals surface area (Å²) >= 11 is 0. The summed E-state index contributed by atoms with van der Waals surface area (Å²) < 4.78 is 8.84. The van der Waals surface area contributed by atoms with E-state index in [1.807, 2.05) is 0 Å². The van der Waals surface area contributed by atoms with E-state index in [1.165, 1.54) is 61.0 Å². The first-order chi connectivity index (χ1) is 17.1. The van der Waals surface area contributed by atoms with Gasteiger partial charge in [-0.1, -0.05) is 66.2 Å². The summed E-state index contributed by atoms with van der Waals surface area (Å²) in [7, 11) is 0. The van der Waals surface area contributed by atoms with Crippen LogP contribution < -0.4 is 0 Å². The number of aryl methyl sites for hydroxylation is 3. The molecule has 0 N–H and O–H groups in total. The molecule has 4 aromatic carbocycles. The molecule has 2 bridgehead atoms. The summed E-state index contributed by atoms with van der Waals surface area (Å²) in [6.07, 6.45) is 0.0196. The summed E-state index contributed by atoms with van der Waals surface area (Å²) in [5, 5.41) is 2.39. The number of nitrogens with zero attached hydrogens (tertiary/aromatic N) is 2. The first-order valence-electron chi connectivity index (χ1n) is 12.3. The second kappa shape index (κ2) is 6.59. The largest absolute Gasteiger partial charge is 0.356 e. The molecule has 0 saturated carbocycles. The number of hydrogen-bond acceptors (Lipinski definition) is 2. The van der Waals surface area contributed by atoms with Crippen molar-refractivity contribution in [1.82, 2.24) is 9.38 Å². The number of imidazole rings is 1. The van der Waals surface area contributed by atoms with Crippen LogP contribution in [0.5, 0.6) is 0 Å². The van der Waals surface area contributed by atoms with Gasteiger partial charge in [0.2, 0.25) is 0 Å². The molecule has 2 unspecified atom stereocenters. The van der Waals surface area contributed by atoms with E-state index in [0.29, 0.717) is 0 Å². The van der Waals surface area contributed by atoms with Crippen LogP contribution in [0.15, 0.2) is 78.9 Å². The lowest BCUT2D eigenvalue weighted by Gasteiger charge is -2.17. The monoisotopic (exact) mass is 452 g/mol. The maximum Gasteiger partial charge on any atom is 0.146 e. The Kier molecular flexibility index (Phi) is 3.64. The molecule has 0 amide bonds. The van der Waals surface area contributed by atoms with Gasteiger partial charge in [-0.05, 0) is 77.7 Å². The predicted octanol–water partition coefficient (Wildman–Crippen LogP) is 7.76. The highest BCUT2D eigenvalue weighted by Crippen LogP contribution is 2.55. The molecule has 8 rings (SSSR count). The van der Waals surface area contributed by atoms with E-state index in [4.69, 9.17) is 9.72 Å². The lowest BCUT2D eigenvalue weighted by atomic mass is 9.86. The number of hydrogen-bond donors (Lipinski definition) is 0. The summed E-state index contributed by atoms with van der Waals surface area (Å²) in [6.45, 7) is 6.61. The van der Waals surface area contributed by atoms with Crippen LogP contribution in [0, 0.1) is 20.8 Å². The molecule has 35 heavy (non-hydrogen) atoms. The van der Waals surface area contributed by atoms with Gasteiger partial charge in [-0.2, -0.15) is 0 Å². The van der Waals surface area contributed by atoms with Crippen LogP contribution in [0.3, 0.4) is 0 Å². The molecule has 168 valence electrons. The molecular weight excluding hydrogens is 428 g/mol. The highest BCUT2D eigenvalue weighted by molar-refractivity contribution is 6.02. The van der Waals surface area contributed by atoms with Crippen molar-refractivity contribution in [3.63, 3.8) is 0 Å². The van der Waals surface area contributed by atoms with Crippen molar-refractivity contribution < 1.29 is 4.74 Å². The van der Waals surface area contributed by atoms with Gasteiger partial charge in [0, 0.05) is 10.9 Å². The zero-order valence-electron chi connectivity index (χ0n) is 20.0. The van der Waals surface area contributed by atoms with Gasteiger partial charge in [0.15, 0.2) is 0 Å². The molecule has 3 nitrogen and oxygen atoms in total. The Morgan fingerprint density at radius 3 is 2.11 bits per heavy atom. The van der Waals surface area contributed by atoms with Gasteiger partial charge in [0.05, 0.1) is 16.7 Å². The van der Waals surface area contributed by atoms with Crippen LogP contribution in [-0.2, 0) is 4.74 Å². The molecule has 4 heterocycles. The van der Waals surface area contributed by atoms with Gasteiger partial charge in [-0.15, -0.1) is 0 Å². The Morgan fingerprint density at radius 1 is 0.714 bits per heavy atom. The molecule has 2 aliphatic rings. The van der Waals surface area contributed by atoms with E-state index < -0.39 is 0 Å².